The molecule has 0 unspecified atom stereocenters. The maximum Gasteiger partial charge on any atom is 0.310 e. The number of hydrogen-bond donors (Lipinski definition) is 2. The highest BCUT2D eigenvalue weighted by Gasteiger charge is 2.37. The number of carbonyl (C=O) groups is 2. The summed E-state index contributed by atoms with van der Waals surface area (Å²) in [5.41, 5.74) is 1.67. The Morgan fingerprint density at radius 3 is 2.05 bits per heavy atom. The lowest BCUT2D eigenvalue weighted by molar-refractivity contribution is -0.151. The molecular weight excluding hydrogens is 334 g/mol. The normalized spacial score (nSPS) is 11.3. The van der Waals surface area contributed by atoms with E-state index in [1.807, 2.05) is 26.0 Å². The van der Waals surface area contributed by atoms with Gasteiger partial charge in [-0.05, 0) is 49.9 Å². The molecule has 1 aromatic carbocycles. The van der Waals surface area contributed by atoms with E-state index in [1.165, 1.54) is 0 Å². The molecule has 0 aliphatic carbocycles. The number of carbonyl (C=O) groups excluding carboxylic acids is 1. The van der Waals surface area contributed by atoms with Gasteiger partial charge in [-0.25, -0.2) is 0 Å². The van der Waals surface area contributed by atoms with E-state index < -0.39 is 11.4 Å². The van der Waals surface area contributed by atoms with Crippen molar-refractivity contribution in [3.8, 4) is 0 Å². The summed E-state index contributed by atoms with van der Waals surface area (Å²) >= 11 is 3.41. The minimum Gasteiger partial charge on any atom is -0.481 e. The predicted octanol–water partition coefficient (Wildman–Crippen LogP) is 4.29. The van der Waals surface area contributed by atoms with Crippen molar-refractivity contribution in [3.05, 3.63) is 27.7 Å². The Hall–Kier alpha value is -1.36. The Balaban J connectivity index is 2.95. The van der Waals surface area contributed by atoms with E-state index >= 15 is 0 Å². The number of amides is 1. The second-order valence-corrected chi connectivity index (χ2v) is 6.35. The average Bonchev–Trinajstić information content (AvgIpc) is 2.40. The van der Waals surface area contributed by atoms with Gasteiger partial charge in [0, 0.05) is 16.6 Å². The number of benzene rings is 1. The maximum atomic E-state index is 12.3. The highest BCUT2D eigenvalue weighted by Crippen LogP contribution is 2.32. The third-order valence-electron chi connectivity index (χ3n) is 4.07. The van der Waals surface area contributed by atoms with Crippen molar-refractivity contribution >= 4 is 33.5 Å². The quantitative estimate of drug-likeness (QED) is 0.799. The molecular formula is C16H22BrNO3. The summed E-state index contributed by atoms with van der Waals surface area (Å²) in [5, 5.41) is 12.3. The zero-order valence-electron chi connectivity index (χ0n) is 12.9. The summed E-state index contributed by atoms with van der Waals surface area (Å²) in [6.07, 6.45) is 0.861. The molecule has 1 rings (SSSR count). The van der Waals surface area contributed by atoms with Crippen LogP contribution in [0.15, 0.2) is 16.6 Å². The van der Waals surface area contributed by atoms with Crippen LogP contribution in [0.5, 0.6) is 0 Å². The SMILES string of the molecule is CCC(CC)(CC(=O)Nc1c(C)cc(Br)cc1C)C(=O)O. The van der Waals surface area contributed by atoms with Crippen LogP contribution < -0.4 is 5.32 Å². The summed E-state index contributed by atoms with van der Waals surface area (Å²) in [4.78, 5) is 23.7. The molecule has 0 atom stereocenters. The fraction of sp³-hybridized carbons (Fsp3) is 0.500. The van der Waals surface area contributed by atoms with Crippen molar-refractivity contribution in [2.75, 3.05) is 5.32 Å². The molecule has 5 heteroatoms. The van der Waals surface area contributed by atoms with Crippen LogP contribution in [0.25, 0.3) is 0 Å². The van der Waals surface area contributed by atoms with Gasteiger partial charge in [0.05, 0.1) is 5.41 Å². The summed E-state index contributed by atoms with van der Waals surface area (Å²) in [6.45, 7) is 7.44. The Kier molecular flexibility index (Phi) is 5.96. The molecule has 0 fully saturated rings. The Morgan fingerprint density at radius 2 is 1.67 bits per heavy atom. The molecule has 0 aliphatic rings. The van der Waals surface area contributed by atoms with Crippen LogP contribution in [0.2, 0.25) is 0 Å². The number of hydrogen-bond acceptors (Lipinski definition) is 2. The van der Waals surface area contributed by atoms with Crippen molar-refractivity contribution in [3.63, 3.8) is 0 Å². The number of carboxylic acid groups (broad SMARTS) is 1. The summed E-state index contributed by atoms with van der Waals surface area (Å²) in [7, 11) is 0. The number of aliphatic carboxylic acids is 1. The summed E-state index contributed by atoms with van der Waals surface area (Å²) < 4.78 is 0.956. The van der Waals surface area contributed by atoms with Crippen molar-refractivity contribution in [2.45, 2.75) is 47.0 Å². The van der Waals surface area contributed by atoms with Crippen molar-refractivity contribution in [2.24, 2.45) is 5.41 Å². The Bertz CT molecular complexity index is 527. The van der Waals surface area contributed by atoms with Crippen LogP contribution in [-0.2, 0) is 9.59 Å². The molecule has 1 aromatic rings. The van der Waals surface area contributed by atoms with Crippen LogP contribution in [0.4, 0.5) is 5.69 Å². The highest BCUT2D eigenvalue weighted by molar-refractivity contribution is 9.10. The fourth-order valence-electron chi connectivity index (χ4n) is 2.48. The van der Waals surface area contributed by atoms with Crippen LogP contribution in [0, 0.1) is 19.3 Å². The third-order valence-corrected chi connectivity index (χ3v) is 4.53. The molecule has 21 heavy (non-hydrogen) atoms. The highest BCUT2D eigenvalue weighted by atomic mass is 79.9. The number of aryl methyl sites for hydroxylation is 2. The zero-order chi connectivity index (χ0) is 16.2. The zero-order valence-corrected chi connectivity index (χ0v) is 14.5. The summed E-state index contributed by atoms with van der Waals surface area (Å²) in [5.74, 6) is -1.17. The second-order valence-electron chi connectivity index (χ2n) is 5.43. The van der Waals surface area contributed by atoms with E-state index in [-0.39, 0.29) is 12.3 Å². The van der Waals surface area contributed by atoms with Gasteiger partial charge in [-0.3, -0.25) is 9.59 Å². The lowest BCUT2D eigenvalue weighted by Crippen LogP contribution is -2.34. The van der Waals surface area contributed by atoms with Gasteiger partial charge >= 0.3 is 5.97 Å². The molecule has 0 heterocycles. The van der Waals surface area contributed by atoms with E-state index in [0.717, 1.165) is 21.3 Å². The Labute approximate surface area is 134 Å². The molecule has 116 valence electrons. The molecule has 0 bridgehead atoms. The molecule has 0 aliphatic heterocycles. The van der Waals surface area contributed by atoms with E-state index in [4.69, 9.17) is 0 Å². The first kappa shape index (κ1) is 17.7. The molecule has 4 nitrogen and oxygen atoms in total. The van der Waals surface area contributed by atoms with E-state index in [1.54, 1.807) is 13.8 Å². The second kappa shape index (κ2) is 7.07. The molecule has 0 aromatic heterocycles. The lowest BCUT2D eigenvalue weighted by Gasteiger charge is -2.26. The van der Waals surface area contributed by atoms with Crippen molar-refractivity contribution in [1.82, 2.24) is 0 Å². The molecule has 0 saturated heterocycles. The Morgan fingerprint density at radius 1 is 1.19 bits per heavy atom. The molecule has 0 spiro atoms. The number of anilines is 1. The van der Waals surface area contributed by atoms with E-state index in [9.17, 15) is 14.7 Å². The van der Waals surface area contributed by atoms with Gasteiger partial charge in [0.15, 0.2) is 0 Å². The van der Waals surface area contributed by atoms with Crippen LogP contribution >= 0.6 is 15.9 Å². The third kappa shape index (κ3) is 4.06. The topological polar surface area (TPSA) is 66.4 Å². The average molecular weight is 356 g/mol. The van der Waals surface area contributed by atoms with E-state index in [2.05, 4.69) is 21.2 Å². The number of rotatable bonds is 6. The van der Waals surface area contributed by atoms with Gasteiger partial charge in [-0.15, -0.1) is 0 Å². The monoisotopic (exact) mass is 355 g/mol. The minimum absolute atomic E-state index is 0.00965. The van der Waals surface area contributed by atoms with E-state index in [0.29, 0.717) is 12.8 Å². The first-order chi connectivity index (χ1) is 9.75. The maximum absolute atomic E-state index is 12.3. The standard InChI is InChI=1S/C16H22BrNO3/c1-5-16(6-2,15(20)21)9-13(19)18-14-10(3)7-12(17)8-11(14)4/h7-8H,5-6,9H2,1-4H3,(H,18,19)(H,20,21). The summed E-state index contributed by atoms with van der Waals surface area (Å²) in [6, 6.07) is 3.85. The smallest absolute Gasteiger partial charge is 0.310 e. The number of nitrogens with one attached hydrogen (secondary N) is 1. The first-order valence-corrected chi connectivity index (χ1v) is 7.85. The van der Waals surface area contributed by atoms with Crippen LogP contribution in [0.3, 0.4) is 0 Å². The van der Waals surface area contributed by atoms with Crippen molar-refractivity contribution < 1.29 is 14.7 Å². The van der Waals surface area contributed by atoms with Crippen LogP contribution in [0.1, 0.15) is 44.2 Å². The van der Waals surface area contributed by atoms with Gasteiger partial charge in [0.25, 0.3) is 0 Å². The molecule has 1 amide bonds. The van der Waals surface area contributed by atoms with Crippen molar-refractivity contribution in [1.29, 1.82) is 0 Å². The lowest BCUT2D eigenvalue weighted by atomic mass is 9.79. The van der Waals surface area contributed by atoms with Gasteiger partial charge in [0.2, 0.25) is 5.91 Å². The van der Waals surface area contributed by atoms with Gasteiger partial charge in [-0.2, -0.15) is 0 Å². The minimum atomic E-state index is -0.985. The molecule has 2 N–H and O–H groups in total. The van der Waals surface area contributed by atoms with Crippen LogP contribution in [-0.4, -0.2) is 17.0 Å². The number of halogens is 1. The first-order valence-electron chi connectivity index (χ1n) is 7.05. The predicted molar refractivity (Wildman–Crippen MR) is 87.5 cm³/mol. The van der Waals surface area contributed by atoms with Gasteiger partial charge in [-0.1, -0.05) is 29.8 Å². The largest absolute Gasteiger partial charge is 0.481 e. The number of carboxylic acids is 1. The molecule has 0 saturated carbocycles. The molecule has 0 radical (unpaired) electrons. The fourth-order valence-corrected chi connectivity index (χ4v) is 3.16. The van der Waals surface area contributed by atoms with Gasteiger partial charge in [0.1, 0.15) is 0 Å². The van der Waals surface area contributed by atoms with Gasteiger partial charge < -0.3 is 10.4 Å².